The number of rotatable bonds is 11. The van der Waals surface area contributed by atoms with Crippen molar-refractivity contribution in [2.45, 2.75) is 50.9 Å². The van der Waals surface area contributed by atoms with Crippen LogP contribution >= 0.6 is 0 Å². The van der Waals surface area contributed by atoms with E-state index in [1.54, 1.807) is 38.5 Å². The van der Waals surface area contributed by atoms with Gasteiger partial charge in [-0.2, -0.15) is 4.80 Å². The van der Waals surface area contributed by atoms with E-state index in [-0.39, 0.29) is 30.9 Å². The van der Waals surface area contributed by atoms with Crippen molar-refractivity contribution in [3.05, 3.63) is 78.3 Å². The molecule has 1 aliphatic rings. The minimum atomic E-state index is -0.977. The summed E-state index contributed by atoms with van der Waals surface area (Å²) in [6.45, 7) is -0.0560. The fourth-order valence-corrected chi connectivity index (χ4v) is 4.85. The minimum absolute atomic E-state index is 0.0759. The molecule has 1 saturated carbocycles. The highest BCUT2D eigenvalue weighted by Gasteiger charge is 2.35. The van der Waals surface area contributed by atoms with Crippen LogP contribution in [0.15, 0.2) is 71.3 Å². The van der Waals surface area contributed by atoms with Crippen LogP contribution < -0.4 is 14.8 Å². The fourth-order valence-electron chi connectivity index (χ4n) is 4.85. The van der Waals surface area contributed by atoms with Crippen molar-refractivity contribution in [2.24, 2.45) is 0 Å². The van der Waals surface area contributed by atoms with E-state index in [1.807, 2.05) is 36.4 Å². The molecular weight excluding hydrogens is 512 g/mol. The molecule has 5 rings (SSSR count). The number of benzene rings is 2. The number of hydrogen-bond donors (Lipinski definition) is 1. The van der Waals surface area contributed by atoms with E-state index < -0.39 is 6.04 Å². The first-order valence-corrected chi connectivity index (χ1v) is 13.2. The smallest absolute Gasteiger partial charge is 0.250 e. The summed E-state index contributed by atoms with van der Waals surface area (Å²) in [4.78, 5) is 30.3. The molecule has 1 atom stereocenters. The molecule has 1 unspecified atom stereocenters. The molecular formula is C29H32N6O5. The monoisotopic (exact) mass is 544 g/mol. The average molecular weight is 545 g/mol. The second-order valence-corrected chi connectivity index (χ2v) is 9.65. The fraction of sp³-hybridized carbons (Fsp3) is 0.345. The number of hydrogen-bond acceptors (Lipinski definition) is 8. The molecule has 2 heterocycles. The maximum absolute atomic E-state index is 13.9. The Morgan fingerprint density at radius 2 is 1.70 bits per heavy atom. The zero-order chi connectivity index (χ0) is 27.9. The zero-order valence-corrected chi connectivity index (χ0v) is 22.5. The van der Waals surface area contributed by atoms with Crippen molar-refractivity contribution < 1.29 is 23.5 Å². The van der Waals surface area contributed by atoms with Crippen LogP contribution in [0.1, 0.15) is 43.0 Å². The Bertz CT molecular complexity index is 1400. The summed E-state index contributed by atoms with van der Waals surface area (Å²) in [6.07, 6.45) is 5.47. The number of tetrazole rings is 1. The van der Waals surface area contributed by atoms with Gasteiger partial charge in [0.25, 0.3) is 5.91 Å². The zero-order valence-electron chi connectivity index (χ0n) is 22.5. The summed E-state index contributed by atoms with van der Waals surface area (Å²) < 4.78 is 16.2. The number of ether oxygens (including phenoxy) is 2. The summed E-state index contributed by atoms with van der Waals surface area (Å²) in [6, 6.07) is 17.1. The number of nitrogens with zero attached hydrogens (tertiary/aromatic N) is 5. The van der Waals surface area contributed by atoms with Gasteiger partial charge in [-0.25, -0.2) is 0 Å². The van der Waals surface area contributed by atoms with Gasteiger partial charge < -0.3 is 24.1 Å². The Labute approximate surface area is 232 Å². The van der Waals surface area contributed by atoms with Gasteiger partial charge in [0.1, 0.15) is 23.8 Å². The molecule has 0 radical (unpaired) electrons. The Balaban J connectivity index is 1.42. The maximum Gasteiger partial charge on any atom is 0.250 e. The van der Waals surface area contributed by atoms with E-state index in [4.69, 9.17) is 13.9 Å². The Hall–Kier alpha value is -4.67. The first kappa shape index (κ1) is 26.9. The number of furan rings is 1. The second kappa shape index (κ2) is 12.5. The Morgan fingerprint density at radius 1 is 1.02 bits per heavy atom. The molecule has 2 aromatic carbocycles. The van der Waals surface area contributed by atoms with E-state index >= 15 is 0 Å². The average Bonchev–Trinajstić information content (AvgIpc) is 3.77. The van der Waals surface area contributed by atoms with E-state index in [0.717, 1.165) is 36.8 Å². The first-order chi connectivity index (χ1) is 19.5. The third-order valence-corrected chi connectivity index (χ3v) is 6.98. The van der Waals surface area contributed by atoms with Gasteiger partial charge in [-0.15, -0.1) is 10.2 Å². The minimum Gasteiger partial charge on any atom is -0.497 e. The van der Waals surface area contributed by atoms with E-state index in [2.05, 4.69) is 20.7 Å². The standard InChI is InChI=1S/C29H32N6O5/c1-38-23-13-9-20(10-14-23)18-34(27(25-8-5-17-40-25)29(37)30-22-6-3-4-7-22)26(36)19-35-32-28(31-33-35)21-11-15-24(39-2)16-12-21/h5,8-17,22,27H,3-4,6-7,18-19H2,1-2H3,(H,30,37). The van der Waals surface area contributed by atoms with Crippen molar-refractivity contribution in [3.8, 4) is 22.9 Å². The summed E-state index contributed by atoms with van der Waals surface area (Å²) in [7, 11) is 3.19. The topological polar surface area (TPSA) is 125 Å². The highest BCUT2D eigenvalue weighted by Crippen LogP contribution is 2.27. The molecule has 4 aromatic rings. The van der Waals surface area contributed by atoms with Crippen molar-refractivity contribution in [2.75, 3.05) is 14.2 Å². The van der Waals surface area contributed by atoms with Gasteiger partial charge in [0, 0.05) is 18.2 Å². The molecule has 11 nitrogen and oxygen atoms in total. The number of nitrogens with one attached hydrogen (secondary N) is 1. The molecule has 208 valence electrons. The molecule has 1 fully saturated rings. The molecule has 0 aliphatic heterocycles. The van der Waals surface area contributed by atoms with Gasteiger partial charge in [-0.1, -0.05) is 25.0 Å². The van der Waals surface area contributed by atoms with Crippen molar-refractivity contribution in [3.63, 3.8) is 0 Å². The summed E-state index contributed by atoms with van der Waals surface area (Å²) >= 11 is 0. The van der Waals surface area contributed by atoms with Crippen LogP contribution in [0.4, 0.5) is 0 Å². The lowest BCUT2D eigenvalue weighted by atomic mass is 10.1. The number of aromatic nitrogens is 4. The summed E-state index contributed by atoms with van der Waals surface area (Å²) in [5.41, 5.74) is 1.56. The molecule has 40 heavy (non-hydrogen) atoms. The first-order valence-electron chi connectivity index (χ1n) is 13.2. The quantitative estimate of drug-likeness (QED) is 0.303. The SMILES string of the molecule is COc1ccc(CN(C(=O)Cn2nnc(-c3ccc(OC)cc3)n2)C(C(=O)NC2CCCC2)c2ccco2)cc1. The molecule has 0 bridgehead atoms. The molecule has 1 aliphatic carbocycles. The van der Waals surface area contributed by atoms with Gasteiger partial charge in [0.2, 0.25) is 11.7 Å². The number of carbonyl (C=O) groups is 2. The van der Waals surface area contributed by atoms with E-state index in [1.165, 1.54) is 16.0 Å². The van der Waals surface area contributed by atoms with E-state index in [0.29, 0.717) is 23.1 Å². The third-order valence-electron chi connectivity index (χ3n) is 6.98. The molecule has 1 N–H and O–H groups in total. The van der Waals surface area contributed by atoms with Gasteiger partial charge >= 0.3 is 0 Å². The van der Waals surface area contributed by atoms with Gasteiger partial charge in [-0.3, -0.25) is 9.59 Å². The lowest BCUT2D eigenvalue weighted by molar-refractivity contribution is -0.143. The van der Waals surface area contributed by atoms with Crippen molar-refractivity contribution >= 4 is 11.8 Å². The summed E-state index contributed by atoms with van der Waals surface area (Å²) in [5, 5.41) is 15.7. The summed E-state index contributed by atoms with van der Waals surface area (Å²) in [5.74, 6) is 1.51. The van der Waals surface area contributed by atoms with Gasteiger partial charge in [0.15, 0.2) is 6.04 Å². The predicted octanol–water partition coefficient (Wildman–Crippen LogP) is 3.78. The highest BCUT2D eigenvalue weighted by atomic mass is 16.5. The van der Waals surface area contributed by atoms with Crippen molar-refractivity contribution in [1.82, 2.24) is 30.4 Å². The van der Waals surface area contributed by atoms with Crippen LogP contribution in [0.25, 0.3) is 11.4 Å². The normalized spacial score (nSPS) is 14.1. The van der Waals surface area contributed by atoms with Crippen LogP contribution in [-0.2, 0) is 22.7 Å². The van der Waals surface area contributed by atoms with Crippen LogP contribution in [0.3, 0.4) is 0 Å². The number of amides is 2. The van der Waals surface area contributed by atoms with Crippen LogP contribution in [0.5, 0.6) is 11.5 Å². The molecule has 11 heteroatoms. The lowest BCUT2D eigenvalue weighted by Crippen LogP contribution is -2.46. The highest BCUT2D eigenvalue weighted by molar-refractivity contribution is 5.88. The number of methoxy groups -OCH3 is 2. The largest absolute Gasteiger partial charge is 0.497 e. The van der Waals surface area contributed by atoms with Crippen LogP contribution in [-0.4, -0.2) is 57.2 Å². The Kier molecular flexibility index (Phi) is 8.38. The molecule has 0 saturated heterocycles. The Morgan fingerprint density at radius 3 is 2.33 bits per heavy atom. The second-order valence-electron chi connectivity index (χ2n) is 9.65. The maximum atomic E-state index is 13.9. The predicted molar refractivity (Wildman–Crippen MR) is 145 cm³/mol. The third kappa shape index (κ3) is 6.31. The van der Waals surface area contributed by atoms with Gasteiger partial charge in [0.05, 0.1) is 20.5 Å². The molecule has 2 aromatic heterocycles. The lowest BCUT2D eigenvalue weighted by Gasteiger charge is -2.30. The van der Waals surface area contributed by atoms with Gasteiger partial charge in [-0.05, 0) is 72.1 Å². The molecule has 0 spiro atoms. The number of carbonyl (C=O) groups excluding carboxylic acids is 2. The molecule has 2 amide bonds. The van der Waals surface area contributed by atoms with Crippen molar-refractivity contribution in [1.29, 1.82) is 0 Å². The van der Waals surface area contributed by atoms with Crippen LogP contribution in [0, 0.1) is 0 Å². The van der Waals surface area contributed by atoms with E-state index in [9.17, 15) is 9.59 Å². The van der Waals surface area contributed by atoms with Crippen LogP contribution in [0.2, 0.25) is 0 Å².